The predicted octanol–water partition coefficient (Wildman–Crippen LogP) is 2.83. The van der Waals surface area contributed by atoms with Gasteiger partial charge in [-0.2, -0.15) is 0 Å². The van der Waals surface area contributed by atoms with Crippen LogP contribution < -0.4 is 21.3 Å². The lowest BCUT2D eigenvalue weighted by molar-refractivity contribution is -0.116. The summed E-state index contributed by atoms with van der Waals surface area (Å²) in [6.45, 7) is 10.7. The average Bonchev–Trinajstić information content (AvgIpc) is 2.65. The van der Waals surface area contributed by atoms with Gasteiger partial charge in [-0.3, -0.25) is 9.79 Å². The van der Waals surface area contributed by atoms with Crippen LogP contribution in [0, 0.1) is 5.92 Å². The highest BCUT2D eigenvalue weighted by Crippen LogP contribution is 2.31. The fourth-order valence-corrected chi connectivity index (χ4v) is 3.24. The Morgan fingerprint density at radius 2 is 1.97 bits per heavy atom. The average molecular weight is 418 g/mol. The number of carbonyl (C=O) groups excluding carboxylic acids is 2. The van der Waals surface area contributed by atoms with Crippen LogP contribution >= 0.6 is 0 Å². The van der Waals surface area contributed by atoms with Gasteiger partial charge in [-0.1, -0.05) is 32.0 Å². The van der Waals surface area contributed by atoms with Gasteiger partial charge >= 0.3 is 6.09 Å². The Bertz CT molecular complexity index is 770. The summed E-state index contributed by atoms with van der Waals surface area (Å²) >= 11 is 0. The van der Waals surface area contributed by atoms with Crippen molar-refractivity contribution in [3.63, 3.8) is 0 Å². The minimum atomic E-state index is -0.542. The minimum absolute atomic E-state index is 0.0184. The van der Waals surface area contributed by atoms with Crippen LogP contribution in [0.4, 0.5) is 10.5 Å². The molecular formula is C22H35N5O3. The summed E-state index contributed by atoms with van der Waals surface area (Å²) < 4.78 is 5.36. The molecule has 166 valence electrons. The van der Waals surface area contributed by atoms with Crippen LogP contribution in [0.1, 0.15) is 52.5 Å². The Balaban J connectivity index is 1.91. The molecule has 0 saturated carbocycles. The van der Waals surface area contributed by atoms with Crippen molar-refractivity contribution in [2.45, 2.75) is 58.6 Å². The zero-order valence-electron chi connectivity index (χ0n) is 18.8. The van der Waals surface area contributed by atoms with Gasteiger partial charge in [0.05, 0.1) is 6.04 Å². The lowest BCUT2D eigenvalue weighted by Crippen LogP contribution is -2.50. The lowest BCUT2D eigenvalue weighted by atomic mass is 9.90. The first kappa shape index (κ1) is 23.5. The molecule has 1 aliphatic heterocycles. The molecule has 2 atom stereocenters. The summed E-state index contributed by atoms with van der Waals surface area (Å²) in [4.78, 5) is 28.4. The van der Waals surface area contributed by atoms with Crippen molar-refractivity contribution in [1.29, 1.82) is 0 Å². The minimum Gasteiger partial charge on any atom is -0.444 e. The SMILES string of the molecule is CN=C(NCC1CC(=O)Nc2ccccc21)NCC(NC(=O)OC(C)(C)C)C(C)C. The normalized spacial score (nSPS) is 17.6. The Hall–Kier alpha value is -2.77. The van der Waals surface area contributed by atoms with E-state index in [1.54, 1.807) is 7.05 Å². The molecule has 0 aromatic heterocycles. The highest BCUT2D eigenvalue weighted by atomic mass is 16.6. The number of hydrogen-bond acceptors (Lipinski definition) is 4. The quantitative estimate of drug-likeness (QED) is 0.421. The molecule has 1 aliphatic rings. The maximum Gasteiger partial charge on any atom is 0.407 e. The van der Waals surface area contributed by atoms with Gasteiger partial charge in [0.25, 0.3) is 0 Å². The summed E-state index contributed by atoms with van der Waals surface area (Å²) in [7, 11) is 1.70. The topological polar surface area (TPSA) is 104 Å². The molecule has 30 heavy (non-hydrogen) atoms. The van der Waals surface area contributed by atoms with Gasteiger partial charge in [0.15, 0.2) is 5.96 Å². The molecule has 0 bridgehead atoms. The second kappa shape index (κ2) is 10.3. The molecular weight excluding hydrogens is 382 g/mol. The third-order valence-corrected chi connectivity index (χ3v) is 4.84. The first-order chi connectivity index (χ1) is 14.1. The van der Waals surface area contributed by atoms with Gasteiger partial charge in [0.1, 0.15) is 5.60 Å². The van der Waals surface area contributed by atoms with E-state index in [1.807, 2.05) is 58.9 Å². The Morgan fingerprint density at radius 3 is 2.60 bits per heavy atom. The van der Waals surface area contributed by atoms with E-state index in [2.05, 4.69) is 26.3 Å². The van der Waals surface area contributed by atoms with Gasteiger partial charge in [-0.25, -0.2) is 4.79 Å². The van der Waals surface area contributed by atoms with E-state index in [4.69, 9.17) is 4.74 Å². The number of anilines is 1. The monoisotopic (exact) mass is 417 g/mol. The first-order valence-electron chi connectivity index (χ1n) is 10.4. The molecule has 2 amide bonds. The van der Waals surface area contributed by atoms with Crippen molar-refractivity contribution in [3.05, 3.63) is 29.8 Å². The number of rotatable bonds is 6. The second-order valence-electron chi connectivity index (χ2n) is 8.87. The van der Waals surface area contributed by atoms with E-state index in [1.165, 1.54) is 0 Å². The molecule has 8 nitrogen and oxygen atoms in total. The van der Waals surface area contributed by atoms with Crippen LogP contribution in [-0.4, -0.2) is 49.7 Å². The van der Waals surface area contributed by atoms with Gasteiger partial charge in [0.2, 0.25) is 5.91 Å². The highest BCUT2D eigenvalue weighted by Gasteiger charge is 2.25. The van der Waals surface area contributed by atoms with Gasteiger partial charge < -0.3 is 26.0 Å². The van der Waals surface area contributed by atoms with E-state index in [9.17, 15) is 9.59 Å². The Labute approximate surface area is 179 Å². The van der Waals surface area contributed by atoms with Crippen molar-refractivity contribution in [3.8, 4) is 0 Å². The number of ether oxygens (including phenoxy) is 1. The molecule has 0 radical (unpaired) electrons. The number of carbonyl (C=O) groups is 2. The fourth-order valence-electron chi connectivity index (χ4n) is 3.24. The first-order valence-corrected chi connectivity index (χ1v) is 10.4. The number of hydrogen-bond donors (Lipinski definition) is 4. The Kier molecular flexibility index (Phi) is 8.08. The van der Waals surface area contributed by atoms with E-state index < -0.39 is 11.7 Å². The molecule has 4 N–H and O–H groups in total. The van der Waals surface area contributed by atoms with Crippen LogP contribution in [0.25, 0.3) is 0 Å². The third kappa shape index (κ3) is 7.24. The smallest absolute Gasteiger partial charge is 0.407 e. The van der Waals surface area contributed by atoms with Crippen LogP contribution in [-0.2, 0) is 9.53 Å². The molecule has 8 heteroatoms. The molecule has 0 aliphatic carbocycles. The molecule has 0 saturated heterocycles. The van der Waals surface area contributed by atoms with Gasteiger partial charge in [0, 0.05) is 38.2 Å². The predicted molar refractivity (Wildman–Crippen MR) is 120 cm³/mol. The van der Waals surface area contributed by atoms with Crippen LogP contribution in [0.5, 0.6) is 0 Å². The number of alkyl carbamates (subject to hydrolysis) is 1. The summed E-state index contributed by atoms with van der Waals surface area (Å²) in [5.41, 5.74) is 1.44. The van der Waals surface area contributed by atoms with Crippen molar-refractivity contribution in [2.24, 2.45) is 10.9 Å². The van der Waals surface area contributed by atoms with Crippen LogP contribution in [0.2, 0.25) is 0 Å². The summed E-state index contributed by atoms with van der Waals surface area (Å²) in [5, 5.41) is 12.4. The van der Waals surface area contributed by atoms with E-state index in [0.29, 0.717) is 25.5 Å². The lowest BCUT2D eigenvalue weighted by Gasteiger charge is -2.28. The van der Waals surface area contributed by atoms with Gasteiger partial charge in [-0.05, 0) is 38.3 Å². The van der Waals surface area contributed by atoms with Crippen molar-refractivity contribution >= 4 is 23.6 Å². The second-order valence-corrected chi connectivity index (χ2v) is 8.87. The van der Waals surface area contributed by atoms with Crippen molar-refractivity contribution in [2.75, 3.05) is 25.5 Å². The van der Waals surface area contributed by atoms with Gasteiger partial charge in [-0.15, -0.1) is 0 Å². The Morgan fingerprint density at radius 1 is 1.27 bits per heavy atom. The summed E-state index contributed by atoms with van der Waals surface area (Å²) in [5.74, 6) is 0.909. The van der Waals surface area contributed by atoms with Crippen LogP contribution in [0.15, 0.2) is 29.3 Å². The standard InChI is InChI=1S/C22H35N5O3/c1-14(2)18(27-21(29)30-22(3,4)5)13-25-20(23-6)24-12-15-11-19(28)26-17-10-8-7-9-16(15)17/h7-10,14-15,18H,11-13H2,1-6H3,(H,26,28)(H,27,29)(H2,23,24,25). The number of nitrogens with zero attached hydrogens (tertiary/aromatic N) is 1. The summed E-state index contributed by atoms with van der Waals surface area (Å²) in [6, 6.07) is 7.73. The largest absolute Gasteiger partial charge is 0.444 e. The number of amides is 2. The maximum atomic E-state index is 12.1. The zero-order chi connectivity index (χ0) is 22.3. The zero-order valence-corrected chi connectivity index (χ0v) is 18.8. The highest BCUT2D eigenvalue weighted by molar-refractivity contribution is 5.94. The number of nitrogens with one attached hydrogen (secondary N) is 4. The molecule has 1 aromatic carbocycles. The number of aliphatic imine (C=N–C) groups is 1. The molecule has 1 aromatic rings. The van der Waals surface area contributed by atoms with E-state index in [-0.39, 0.29) is 23.8 Å². The van der Waals surface area contributed by atoms with Crippen molar-refractivity contribution < 1.29 is 14.3 Å². The molecule has 0 spiro atoms. The summed E-state index contributed by atoms with van der Waals surface area (Å²) in [6.07, 6.45) is -0.00806. The maximum absolute atomic E-state index is 12.1. The van der Waals surface area contributed by atoms with Crippen molar-refractivity contribution in [1.82, 2.24) is 16.0 Å². The number of fused-ring (bicyclic) bond motifs is 1. The molecule has 2 unspecified atom stereocenters. The molecule has 2 rings (SSSR count). The third-order valence-electron chi connectivity index (χ3n) is 4.84. The number of guanidine groups is 1. The van der Waals surface area contributed by atoms with E-state index >= 15 is 0 Å². The molecule has 0 fully saturated rings. The number of benzene rings is 1. The van der Waals surface area contributed by atoms with E-state index in [0.717, 1.165) is 11.3 Å². The van der Waals surface area contributed by atoms with Crippen LogP contribution in [0.3, 0.4) is 0 Å². The number of para-hydroxylation sites is 1. The molecule has 1 heterocycles. The fraction of sp³-hybridized carbons (Fsp3) is 0.591.